The molecule has 0 unspecified atom stereocenters. The van der Waals surface area contributed by atoms with Crippen LogP contribution in [0.2, 0.25) is 0 Å². The van der Waals surface area contributed by atoms with Crippen LogP contribution >= 0.6 is 0 Å². The molecule has 2 aromatic rings. The summed E-state index contributed by atoms with van der Waals surface area (Å²) in [5.41, 5.74) is 4.50. The van der Waals surface area contributed by atoms with Gasteiger partial charge in [0.05, 0.1) is 11.4 Å². The van der Waals surface area contributed by atoms with E-state index < -0.39 is 0 Å². The molecule has 0 radical (unpaired) electrons. The lowest BCUT2D eigenvalue weighted by atomic mass is 10.3. The summed E-state index contributed by atoms with van der Waals surface area (Å²) in [6.45, 7) is 2.40. The summed E-state index contributed by atoms with van der Waals surface area (Å²) in [5.74, 6) is 10.9. The van der Waals surface area contributed by atoms with Gasteiger partial charge in [-0.25, -0.2) is 11.7 Å². The zero-order valence-electron chi connectivity index (χ0n) is 12.7. The molecule has 0 bridgehead atoms. The highest BCUT2D eigenvalue weighted by Crippen LogP contribution is 2.25. The van der Waals surface area contributed by atoms with Crippen molar-refractivity contribution < 1.29 is 9.53 Å². The van der Waals surface area contributed by atoms with Crippen LogP contribution in [0.5, 0.6) is 5.75 Å². The Morgan fingerprint density at radius 3 is 2.55 bits per heavy atom. The van der Waals surface area contributed by atoms with Crippen molar-refractivity contribution in [2.24, 2.45) is 11.7 Å². The summed E-state index contributed by atoms with van der Waals surface area (Å²) in [4.78, 5) is 13.3. The van der Waals surface area contributed by atoms with Crippen LogP contribution in [0, 0.1) is 6.92 Å². The molecular weight excluding hydrogens is 282 g/mol. The van der Waals surface area contributed by atoms with Gasteiger partial charge in [0.1, 0.15) is 12.4 Å². The first kappa shape index (κ1) is 17.4. The minimum atomic E-state index is 0.403. The molecule has 118 valence electrons. The van der Waals surface area contributed by atoms with E-state index in [1.807, 2.05) is 49.4 Å². The molecule has 7 nitrogen and oxygen atoms in total. The number of anilines is 1. The third kappa shape index (κ3) is 5.78. The average Bonchev–Trinajstić information content (AvgIpc) is 2.53. The molecule has 1 amide bonds. The van der Waals surface area contributed by atoms with Crippen molar-refractivity contribution in [2.45, 2.75) is 13.5 Å². The van der Waals surface area contributed by atoms with Gasteiger partial charge in [0.25, 0.3) is 0 Å². The Hall–Kier alpha value is -2.64. The molecule has 1 aromatic carbocycles. The highest BCUT2D eigenvalue weighted by atomic mass is 16.5. The fraction of sp³-hybridized carbons (Fsp3) is 0.200. The maximum absolute atomic E-state index is 8.94. The molecule has 0 atom stereocenters. The fourth-order valence-corrected chi connectivity index (χ4v) is 1.70. The zero-order chi connectivity index (χ0) is 16.4. The third-order valence-electron chi connectivity index (χ3n) is 2.63. The minimum absolute atomic E-state index is 0.403. The molecule has 22 heavy (non-hydrogen) atoms. The second-order valence-electron chi connectivity index (χ2n) is 4.42. The molecule has 2 rings (SSSR count). The van der Waals surface area contributed by atoms with Crippen molar-refractivity contribution in [1.29, 1.82) is 0 Å². The highest BCUT2D eigenvalue weighted by Gasteiger charge is 2.05. The molecule has 1 heterocycles. The molecule has 0 aliphatic carbocycles. The number of aryl methyl sites for hydroxylation is 1. The number of hydrazine groups is 2. The summed E-state index contributed by atoms with van der Waals surface area (Å²) < 4.78 is 5.76. The quantitative estimate of drug-likeness (QED) is 0.328. The van der Waals surface area contributed by atoms with E-state index in [-0.39, 0.29) is 0 Å². The van der Waals surface area contributed by atoms with Crippen molar-refractivity contribution in [2.75, 3.05) is 12.1 Å². The van der Waals surface area contributed by atoms with Gasteiger partial charge in [-0.15, -0.1) is 0 Å². The number of carbonyl (C=O) groups excluding carboxylic acids is 1. The van der Waals surface area contributed by atoms with Crippen molar-refractivity contribution in [3.8, 4) is 5.75 Å². The number of benzene rings is 1. The van der Waals surface area contributed by atoms with Gasteiger partial charge < -0.3 is 9.75 Å². The second-order valence-corrected chi connectivity index (χ2v) is 4.42. The number of nitrogens with two attached hydrogens (primary N) is 2. The van der Waals surface area contributed by atoms with Crippen molar-refractivity contribution >= 4 is 12.1 Å². The number of nitrogens with one attached hydrogen (secondary N) is 1. The van der Waals surface area contributed by atoms with Gasteiger partial charge in [0, 0.05) is 12.7 Å². The van der Waals surface area contributed by atoms with Crippen LogP contribution < -0.4 is 26.9 Å². The van der Waals surface area contributed by atoms with Gasteiger partial charge in [-0.2, -0.15) is 0 Å². The maximum Gasteiger partial charge on any atom is 0.221 e. The van der Waals surface area contributed by atoms with Crippen molar-refractivity contribution in [3.63, 3.8) is 0 Å². The lowest BCUT2D eigenvalue weighted by Gasteiger charge is -2.17. The fourth-order valence-electron chi connectivity index (χ4n) is 1.70. The van der Waals surface area contributed by atoms with E-state index in [1.165, 1.54) is 0 Å². The monoisotopic (exact) mass is 303 g/mol. The first-order valence-corrected chi connectivity index (χ1v) is 6.61. The molecule has 0 saturated carbocycles. The molecule has 0 spiro atoms. The van der Waals surface area contributed by atoms with Crippen LogP contribution in [0.3, 0.4) is 0 Å². The maximum atomic E-state index is 8.94. The molecule has 7 heteroatoms. The van der Waals surface area contributed by atoms with Crippen molar-refractivity contribution in [3.05, 3.63) is 53.9 Å². The van der Waals surface area contributed by atoms with E-state index >= 15 is 0 Å². The molecule has 0 aliphatic heterocycles. The Morgan fingerprint density at radius 2 is 1.95 bits per heavy atom. The summed E-state index contributed by atoms with van der Waals surface area (Å²) in [6, 6.07) is 13.5. The van der Waals surface area contributed by atoms with E-state index in [9.17, 15) is 0 Å². The van der Waals surface area contributed by atoms with E-state index in [1.54, 1.807) is 17.5 Å². The van der Waals surface area contributed by atoms with Crippen LogP contribution in [-0.2, 0) is 11.4 Å². The molecule has 0 saturated heterocycles. The number of carbonyl (C=O) groups is 1. The van der Waals surface area contributed by atoms with Crippen LogP contribution in [0.1, 0.15) is 11.4 Å². The molecule has 1 aromatic heterocycles. The first-order valence-electron chi connectivity index (χ1n) is 6.61. The van der Waals surface area contributed by atoms with Gasteiger partial charge in [0.15, 0.2) is 0 Å². The molecule has 5 N–H and O–H groups in total. The van der Waals surface area contributed by atoms with Gasteiger partial charge in [-0.1, -0.05) is 18.2 Å². The molecular formula is C15H21N5O2. The Labute approximate surface area is 129 Å². The zero-order valence-corrected chi connectivity index (χ0v) is 12.7. The number of nitrogens with zero attached hydrogens (tertiary/aromatic N) is 2. The highest BCUT2D eigenvalue weighted by molar-refractivity contribution is 5.56. The Kier molecular flexibility index (Phi) is 7.38. The number of hydrogen-bond acceptors (Lipinski definition) is 6. The first-order chi connectivity index (χ1) is 10.6. The summed E-state index contributed by atoms with van der Waals surface area (Å²) in [6.07, 6.45) is 0.403. The van der Waals surface area contributed by atoms with E-state index in [4.69, 9.17) is 15.4 Å². The lowest BCUT2D eigenvalue weighted by molar-refractivity contribution is -0.109. The Morgan fingerprint density at radius 1 is 1.27 bits per heavy atom. The number of amides is 1. The smallest absolute Gasteiger partial charge is 0.221 e. The minimum Gasteiger partial charge on any atom is -0.485 e. The van der Waals surface area contributed by atoms with Crippen LogP contribution in [0.15, 0.2) is 42.5 Å². The third-order valence-corrected chi connectivity index (χ3v) is 2.63. The SMILES string of the molecule is Cc1cccc(COc2ccccc2N(C)N)n1.NNC=O. The number of rotatable bonds is 5. The number of aromatic nitrogens is 1. The predicted molar refractivity (Wildman–Crippen MR) is 85.7 cm³/mol. The van der Waals surface area contributed by atoms with Crippen LogP contribution in [-0.4, -0.2) is 18.4 Å². The van der Waals surface area contributed by atoms with Crippen LogP contribution in [0.4, 0.5) is 5.69 Å². The summed E-state index contributed by atoms with van der Waals surface area (Å²) >= 11 is 0. The Bertz CT molecular complexity index is 590. The number of ether oxygens (including phenoxy) is 1. The molecule has 0 fully saturated rings. The summed E-state index contributed by atoms with van der Waals surface area (Å²) in [5, 5.41) is 1.54. The van der Waals surface area contributed by atoms with Crippen molar-refractivity contribution in [1.82, 2.24) is 10.4 Å². The second kappa shape index (κ2) is 9.32. The lowest BCUT2D eigenvalue weighted by Crippen LogP contribution is -2.25. The Balaban J connectivity index is 0.000000541. The number of para-hydroxylation sites is 2. The van der Waals surface area contributed by atoms with Gasteiger partial charge in [0.2, 0.25) is 6.41 Å². The van der Waals surface area contributed by atoms with Gasteiger partial charge in [-0.05, 0) is 31.2 Å². The largest absolute Gasteiger partial charge is 0.485 e. The van der Waals surface area contributed by atoms with Gasteiger partial charge >= 0.3 is 0 Å². The normalized spacial score (nSPS) is 9.27. The van der Waals surface area contributed by atoms with E-state index in [0.29, 0.717) is 13.0 Å². The number of pyridine rings is 1. The average molecular weight is 303 g/mol. The van der Waals surface area contributed by atoms with Crippen LogP contribution in [0.25, 0.3) is 0 Å². The van der Waals surface area contributed by atoms with Gasteiger partial charge in [-0.3, -0.25) is 15.2 Å². The topological polar surface area (TPSA) is 106 Å². The summed E-state index contributed by atoms with van der Waals surface area (Å²) in [7, 11) is 1.78. The van der Waals surface area contributed by atoms with E-state index in [0.717, 1.165) is 22.8 Å². The van der Waals surface area contributed by atoms with E-state index in [2.05, 4.69) is 10.8 Å². The molecule has 0 aliphatic rings. The standard InChI is InChI=1S/C14H17N3O.CH4N2O/c1-11-6-5-7-12(16-11)10-18-14-9-4-3-8-13(14)17(2)15;2-3-1-4/h3-9H,10,15H2,1-2H3;1H,2H2,(H,3,4). The number of hydrogen-bond donors (Lipinski definition) is 3. The predicted octanol–water partition coefficient (Wildman–Crippen LogP) is 0.885.